The van der Waals surface area contributed by atoms with Crippen molar-refractivity contribution in [2.75, 3.05) is 38.8 Å². The van der Waals surface area contributed by atoms with Crippen LogP contribution >= 0.6 is 24.0 Å². The van der Waals surface area contributed by atoms with Crippen molar-refractivity contribution in [2.45, 2.75) is 32.9 Å². The Hall–Kier alpha value is -1.91. The van der Waals surface area contributed by atoms with Crippen LogP contribution in [-0.2, 0) is 16.0 Å². The van der Waals surface area contributed by atoms with Crippen LogP contribution in [0.25, 0.3) is 0 Å². The maximum Gasteiger partial charge on any atom is 0.196 e. The van der Waals surface area contributed by atoms with Crippen LogP contribution in [0.5, 0.6) is 5.75 Å². The molecule has 2 N–H and O–H groups in total. The maximum absolute atomic E-state index is 13.9. The number of hydrogen-bond acceptors (Lipinski definition) is 4. The predicted molar refractivity (Wildman–Crippen MR) is 134 cm³/mol. The fourth-order valence-electron chi connectivity index (χ4n) is 2.58. The summed E-state index contributed by atoms with van der Waals surface area (Å²) >= 11 is 0. The van der Waals surface area contributed by atoms with Crippen molar-refractivity contribution >= 4 is 35.6 Å². The van der Waals surface area contributed by atoms with Crippen LogP contribution in [-0.4, -0.2) is 45.5 Å². The number of aliphatic imine (C=N–C) groups is 1. The molecule has 0 bridgehead atoms. The van der Waals surface area contributed by atoms with Crippen LogP contribution < -0.4 is 15.4 Å². The molecule has 8 heteroatoms. The van der Waals surface area contributed by atoms with Crippen molar-refractivity contribution in [1.82, 2.24) is 5.32 Å². The van der Waals surface area contributed by atoms with Gasteiger partial charge in [-0.25, -0.2) is 9.38 Å². The van der Waals surface area contributed by atoms with Gasteiger partial charge in [0.05, 0.1) is 25.9 Å². The molecule has 0 aliphatic heterocycles. The molecule has 0 heterocycles. The van der Waals surface area contributed by atoms with E-state index < -0.39 is 0 Å². The van der Waals surface area contributed by atoms with E-state index >= 15 is 0 Å². The lowest BCUT2D eigenvalue weighted by atomic mass is 10.2. The first-order valence-corrected chi connectivity index (χ1v) is 10.2. The zero-order valence-electron chi connectivity index (χ0n) is 18.4. The zero-order valence-corrected chi connectivity index (χ0v) is 20.7. The number of nitrogens with one attached hydrogen (secondary N) is 2. The SMILES string of the molecule is COCCOCCCNC(=NCc1ccccc1F)Nc1ccc(OC(C)C)cc1.I. The molecule has 0 unspecified atom stereocenters. The highest BCUT2D eigenvalue weighted by atomic mass is 127. The third-order valence-electron chi connectivity index (χ3n) is 4.04. The number of rotatable bonds is 12. The lowest BCUT2D eigenvalue weighted by Crippen LogP contribution is -2.32. The molecule has 0 amide bonds. The lowest BCUT2D eigenvalue weighted by Gasteiger charge is -2.14. The summed E-state index contributed by atoms with van der Waals surface area (Å²) in [5.74, 6) is 1.12. The highest BCUT2D eigenvalue weighted by Crippen LogP contribution is 2.17. The summed E-state index contributed by atoms with van der Waals surface area (Å²) in [5.41, 5.74) is 1.41. The van der Waals surface area contributed by atoms with Crippen molar-refractivity contribution in [1.29, 1.82) is 0 Å². The third kappa shape index (κ3) is 11.3. The molecule has 0 radical (unpaired) electrons. The Kier molecular flexibility index (Phi) is 13.8. The Balaban J connectivity index is 0.00000480. The molecule has 6 nitrogen and oxygen atoms in total. The van der Waals surface area contributed by atoms with Crippen molar-refractivity contribution in [2.24, 2.45) is 4.99 Å². The fraction of sp³-hybridized carbons (Fsp3) is 0.435. The average Bonchev–Trinajstić information content (AvgIpc) is 2.73. The maximum atomic E-state index is 13.9. The number of ether oxygens (including phenoxy) is 3. The molecule has 2 rings (SSSR count). The summed E-state index contributed by atoms with van der Waals surface area (Å²) in [6.07, 6.45) is 0.931. The van der Waals surface area contributed by atoms with Gasteiger partial charge in [-0.3, -0.25) is 0 Å². The van der Waals surface area contributed by atoms with E-state index in [-0.39, 0.29) is 42.4 Å². The van der Waals surface area contributed by atoms with Gasteiger partial charge in [-0.2, -0.15) is 0 Å². The van der Waals surface area contributed by atoms with Gasteiger partial charge in [0, 0.05) is 31.5 Å². The van der Waals surface area contributed by atoms with E-state index in [2.05, 4.69) is 15.6 Å². The van der Waals surface area contributed by atoms with Crippen LogP contribution in [0.15, 0.2) is 53.5 Å². The molecule has 0 atom stereocenters. The zero-order chi connectivity index (χ0) is 21.6. The Labute approximate surface area is 201 Å². The van der Waals surface area contributed by atoms with E-state index in [1.807, 2.05) is 38.1 Å². The first-order chi connectivity index (χ1) is 14.6. The molecule has 2 aromatic carbocycles. The van der Waals surface area contributed by atoms with Crippen molar-refractivity contribution in [3.8, 4) is 5.75 Å². The topological polar surface area (TPSA) is 64.1 Å². The summed E-state index contributed by atoms with van der Waals surface area (Å²) in [7, 11) is 1.65. The van der Waals surface area contributed by atoms with Gasteiger partial charge in [-0.15, -0.1) is 24.0 Å². The number of methoxy groups -OCH3 is 1. The predicted octanol–water partition coefficient (Wildman–Crippen LogP) is 4.84. The minimum atomic E-state index is -0.262. The Morgan fingerprint density at radius 3 is 2.45 bits per heavy atom. The highest BCUT2D eigenvalue weighted by Gasteiger charge is 2.04. The average molecular weight is 545 g/mol. The molecular formula is C23H33FIN3O3. The number of guanidine groups is 1. The summed E-state index contributed by atoms with van der Waals surface area (Å²) < 4.78 is 30.0. The number of anilines is 1. The standard InChI is InChI=1S/C23H32FN3O3.HI/c1-18(2)30-21-11-9-20(10-12-21)27-23(25-13-6-14-29-16-15-28-3)26-17-19-7-4-5-8-22(19)24;/h4-5,7-12,18H,6,13-17H2,1-3H3,(H2,25,26,27);1H. The highest BCUT2D eigenvalue weighted by molar-refractivity contribution is 14.0. The second kappa shape index (κ2) is 15.8. The first-order valence-electron chi connectivity index (χ1n) is 10.2. The number of hydrogen-bond donors (Lipinski definition) is 2. The van der Waals surface area contributed by atoms with Gasteiger partial charge in [0.25, 0.3) is 0 Å². The summed E-state index contributed by atoms with van der Waals surface area (Å²) in [6, 6.07) is 14.3. The molecule has 0 saturated carbocycles. The molecular weight excluding hydrogens is 512 g/mol. The molecule has 0 saturated heterocycles. The Morgan fingerprint density at radius 1 is 1.03 bits per heavy atom. The number of benzene rings is 2. The van der Waals surface area contributed by atoms with Crippen LogP contribution in [0.1, 0.15) is 25.8 Å². The fourth-order valence-corrected chi connectivity index (χ4v) is 2.58. The molecule has 0 aromatic heterocycles. The Bertz CT molecular complexity index is 773. The van der Waals surface area contributed by atoms with Gasteiger partial charge in [-0.05, 0) is 50.6 Å². The van der Waals surface area contributed by atoms with E-state index in [1.54, 1.807) is 25.3 Å². The smallest absolute Gasteiger partial charge is 0.196 e. The second-order valence-electron chi connectivity index (χ2n) is 6.96. The Morgan fingerprint density at radius 2 is 1.77 bits per heavy atom. The van der Waals surface area contributed by atoms with Crippen molar-refractivity contribution in [3.05, 3.63) is 59.9 Å². The molecule has 0 aliphatic carbocycles. The van der Waals surface area contributed by atoms with Gasteiger partial charge in [0.2, 0.25) is 0 Å². The molecule has 0 fully saturated rings. The summed E-state index contributed by atoms with van der Waals surface area (Å²) in [5, 5.41) is 6.53. The third-order valence-corrected chi connectivity index (χ3v) is 4.04. The van der Waals surface area contributed by atoms with Crippen molar-refractivity contribution in [3.63, 3.8) is 0 Å². The second-order valence-corrected chi connectivity index (χ2v) is 6.96. The van der Waals surface area contributed by atoms with Crippen molar-refractivity contribution < 1.29 is 18.6 Å². The normalized spacial score (nSPS) is 11.2. The van der Waals surface area contributed by atoms with Crippen LogP contribution in [0, 0.1) is 5.82 Å². The van der Waals surface area contributed by atoms with E-state index in [9.17, 15) is 4.39 Å². The van der Waals surface area contributed by atoms with E-state index in [1.165, 1.54) is 6.07 Å². The lowest BCUT2D eigenvalue weighted by molar-refractivity contribution is 0.0699. The quantitative estimate of drug-likeness (QED) is 0.173. The molecule has 0 spiro atoms. The van der Waals surface area contributed by atoms with Gasteiger partial charge in [0.1, 0.15) is 11.6 Å². The minimum absolute atomic E-state index is 0. The summed E-state index contributed by atoms with van der Waals surface area (Å²) in [4.78, 5) is 4.53. The van der Waals surface area contributed by atoms with Gasteiger partial charge in [0.15, 0.2) is 5.96 Å². The van der Waals surface area contributed by atoms with E-state index in [0.717, 1.165) is 17.9 Å². The molecule has 172 valence electrons. The van der Waals surface area contributed by atoms with Gasteiger partial charge < -0.3 is 24.8 Å². The van der Waals surface area contributed by atoms with Gasteiger partial charge in [-0.1, -0.05) is 18.2 Å². The molecule has 0 aliphatic rings. The van der Waals surface area contributed by atoms with Crippen LogP contribution in [0.3, 0.4) is 0 Å². The van der Waals surface area contributed by atoms with Crippen LogP contribution in [0.2, 0.25) is 0 Å². The van der Waals surface area contributed by atoms with Crippen LogP contribution in [0.4, 0.5) is 10.1 Å². The monoisotopic (exact) mass is 545 g/mol. The molecule has 31 heavy (non-hydrogen) atoms. The summed E-state index contributed by atoms with van der Waals surface area (Å²) in [6.45, 7) is 6.67. The van der Waals surface area contributed by atoms with E-state index in [0.29, 0.717) is 37.9 Å². The van der Waals surface area contributed by atoms with E-state index in [4.69, 9.17) is 14.2 Å². The first kappa shape index (κ1) is 27.1. The number of nitrogens with zero attached hydrogens (tertiary/aromatic N) is 1. The number of halogens is 2. The minimum Gasteiger partial charge on any atom is -0.491 e. The van der Waals surface area contributed by atoms with Gasteiger partial charge >= 0.3 is 0 Å². The molecule has 2 aromatic rings. The largest absolute Gasteiger partial charge is 0.491 e.